The minimum Gasteiger partial charge on any atom is -0.460 e. The van der Waals surface area contributed by atoms with Gasteiger partial charge in [-0.05, 0) is 63.6 Å². The van der Waals surface area contributed by atoms with E-state index in [0.717, 1.165) is 23.5 Å². The number of ether oxygens (including phenoxy) is 1. The zero-order chi connectivity index (χ0) is 21.6. The molecule has 3 rings (SSSR count). The van der Waals surface area contributed by atoms with Crippen LogP contribution >= 0.6 is 11.6 Å². The van der Waals surface area contributed by atoms with Crippen LogP contribution in [0.15, 0.2) is 48.7 Å². The van der Waals surface area contributed by atoms with E-state index in [1.807, 2.05) is 67.9 Å². The highest BCUT2D eigenvalue weighted by atomic mass is 35.5. The summed E-state index contributed by atoms with van der Waals surface area (Å²) in [6.07, 6.45) is 4.18. The van der Waals surface area contributed by atoms with Crippen LogP contribution in [0.5, 0.6) is 0 Å². The first-order chi connectivity index (χ1) is 14.3. The summed E-state index contributed by atoms with van der Waals surface area (Å²) < 4.78 is 7.30. The largest absolute Gasteiger partial charge is 0.460 e. The van der Waals surface area contributed by atoms with Gasteiger partial charge in [0.2, 0.25) is 0 Å². The highest BCUT2D eigenvalue weighted by Crippen LogP contribution is 2.20. The van der Waals surface area contributed by atoms with Gasteiger partial charge in [0.15, 0.2) is 5.82 Å². The van der Waals surface area contributed by atoms with Gasteiger partial charge in [-0.25, -0.2) is 9.67 Å². The molecule has 0 bridgehead atoms. The van der Waals surface area contributed by atoms with Crippen molar-refractivity contribution in [2.45, 2.75) is 58.6 Å². The third-order valence-corrected chi connectivity index (χ3v) is 4.61. The van der Waals surface area contributed by atoms with Gasteiger partial charge in [-0.1, -0.05) is 17.7 Å². The fraction of sp³-hybridized carbons (Fsp3) is 0.391. The van der Waals surface area contributed by atoms with E-state index >= 15 is 0 Å². The highest BCUT2D eigenvalue weighted by Gasteiger charge is 2.17. The molecule has 7 heteroatoms. The van der Waals surface area contributed by atoms with E-state index in [1.165, 1.54) is 0 Å². The van der Waals surface area contributed by atoms with Crippen molar-refractivity contribution in [1.29, 1.82) is 0 Å². The van der Waals surface area contributed by atoms with Crippen molar-refractivity contribution in [3.05, 3.63) is 65.2 Å². The Morgan fingerprint density at radius 1 is 1.10 bits per heavy atom. The lowest BCUT2D eigenvalue weighted by molar-refractivity contribution is -0.154. The molecule has 158 valence electrons. The van der Waals surface area contributed by atoms with Crippen LogP contribution in [0.2, 0.25) is 5.02 Å². The Balaban J connectivity index is 1.71. The zero-order valence-corrected chi connectivity index (χ0v) is 18.4. The van der Waals surface area contributed by atoms with E-state index in [9.17, 15) is 4.79 Å². The lowest BCUT2D eigenvalue weighted by Gasteiger charge is -2.19. The number of hydrogen-bond donors (Lipinski definition) is 0. The van der Waals surface area contributed by atoms with Gasteiger partial charge in [-0.15, -0.1) is 0 Å². The summed E-state index contributed by atoms with van der Waals surface area (Å²) in [5.74, 6) is 1.30. The molecule has 0 saturated heterocycles. The van der Waals surface area contributed by atoms with Gasteiger partial charge in [-0.3, -0.25) is 9.78 Å². The molecular formula is C23H27ClN4O2. The van der Waals surface area contributed by atoms with E-state index in [4.69, 9.17) is 26.4 Å². The number of hydrogen-bond acceptors (Lipinski definition) is 5. The van der Waals surface area contributed by atoms with Crippen molar-refractivity contribution in [1.82, 2.24) is 19.7 Å². The first kappa shape index (κ1) is 22.0. The van der Waals surface area contributed by atoms with Crippen LogP contribution in [0.3, 0.4) is 0 Å². The summed E-state index contributed by atoms with van der Waals surface area (Å²) in [7, 11) is 0. The van der Waals surface area contributed by atoms with Gasteiger partial charge >= 0.3 is 5.97 Å². The van der Waals surface area contributed by atoms with Crippen molar-refractivity contribution in [3.8, 4) is 11.4 Å². The molecule has 0 fully saturated rings. The molecular weight excluding hydrogens is 400 g/mol. The summed E-state index contributed by atoms with van der Waals surface area (Å²) in [5, 5.41) is 5.37. The first-order valence-corrected chi connectivity index (χ1v) is 10.5. The van der Waals surface area contributed by atoms with Crippen LogP contribution < -0.4 is 0 Å². The maximum Gasteiger partial charge on any atom is 0.306 e. The average Bonchev–Trinajstić information content (AvgIpc) is 3.09. The summed E-state index contributed by atoms with van der Waals surface area (Å²) >= 11 is 6.00. The summed E-state index contributed by atoms with van der Waals surface area (Å²) in [4.78, 5) is 21.1. The molecule has 0 aliphatic heterocycles. The Bertz CT molecular complexity index is 963. The number of aryl methyl sites for hydroxylation is 3. The Kier molecular flexibility index (Phi) is 7.21. The number of rotatable bonds is 8. The molecule has 0 amide bonds. The van der Waals surface area contributed by atoms with Gasteiger partial charge in [0, 0.05) is 48.3 Å². The van der Waals surface area contributed by atoms with Crippen molar-refractivity contribution < 1.29 is 9.53 Å². The molecule has 2 aromatic heterocycles. The Morgan fingerprint density at radius 3 is 2.53 bits per heavy atom. The van der Waals surface area contributed by atoms with Crippen molar-refractivity contribution in [2.24, 2.45) is 0 Å². The standard InChI is InChI=1S/C23H27ClN4O2/c1-23(2,3)30-21(29)9-6-8-20-26-22(17-10-12-18(24)13-11-17)27-28(20)16-14-19-7-4-5-15-25-19/h4-5,7,10-13,15H,6,8-9,14,16H2,1-3H3. The van der Waals surface area contributed by atoms with Crippen LogP contribution in [-0.4, -0.2) is 31.3 Å². The van der Waals surface area contributed by atoms with E-state index in [1.54, 1.807) is 6.20 Å². The lowest BCUT2D eigenvalue weighted by atomic mass is 10.2. The molecule has 0 spiro atoms. The smallest absolute Gasteiger partial charge is 0.306 e. The molecule has 1 aromatic carbocycles. The number of carbonyl (C=O) groups is 1. The number of nitrogens with zero attached hydrogens (tertiary/aromatic N) is 4. The van der Waals surface area contributed by atoms with E-state index in [-0.39, 0.29) is 5.97 Å². The van der Waals surface area contributed by atoms with Crippen LogP contribution in [0, 0.1) is 0 Å². The van der Waals surface area contributed by atoms with Crippen LogP contribution in [0.1, 0.15) is 45.1 Å². The minimum absolute atomic E-state index is 0.194. The third kappa shape index (κ3) is 6.66. The van der Waals surface area contributed by atoms with Gasteiger partial charge in [-0.2, -0.15) is 5.10 Å². The van der Waals surface area contributed by atoms with Crippen LogP contribution in [0.4, 0.5) is 0 Å². The predicted octanol–water partition coefficient (Wildman–Crippen LogP) is 4.90. The second kappa shape index (κ2) is 9.85. The maximum atomic E-state index is 12.0. The first-order valence-electron chi connectivity index (χ1n) is 10.1. The highest BCUT2D eigenvalue weighted by molar-refractivity contribution is 6.30. The topological polar surface area (TPSA) is 69.9 Å². The zero-order valence-electron chi connectivity index (χ0n) is 17.6. The quantitative estimate of drug-likeness (QED) is 0.479. The average molecular weight is 427 g/mol. The van der Waals surface area contributed by atoms with Crippen molar-refractivity contribution in [3.63, 3.8) is 0 Å². The molecule has 2 heterocycles. The minimum atomic E-state index is -0.471. The Morgan fingerprint density at radius 2 is 1.87 bits per heavy atom. The number of benzene rings is 1. The monoisotopic (exact) mass is 426 g/mol. The molecule has 6 nitrogen and oxygen atoms in total. The summed E-state index contributed by atoms with van der Waals surface area (Å²) in [6, 6.07) is 13.3. The summed E-state index contributed by atoms with van der Waals surface area (Å²) in [6.45, 7) is 6.28. The molecule has 30 heavy (non-hydrogen) atoms. The molecule has 0 radical (unpaired) electrons. The maximum absolute atomic E-state index is 12.0. The van der Waals surface area contributed by atoms with Crippen LogP contribution in [0.25, 0.3) is 11.4 Å². The number of carbonyl (C=O) groups excluding carboxylic acids is 1. The molecule has 0 saturated carbocycles. The number of aromatic nitrogens is 4. The fourth-order valence-corrected chi connectivity index (χ4v) is 3.14. The van der Waals surface area contributed by atoms with Gasteiger partial charge in [0.1, 0.15) is 11.4 Å². The Labute approximate surface area is 182 Å². The van der Waals surface area contributed by atoms with Crippen molar-refractivity contribution in [2.75, 3.05) is 0 Å². The van der Waals surface area contributed by atoms with E-state index in [0.29, 0.717) is 36.7 Å². The third-order valence-electron chi connectivity index (χ3n) is 4.36. The van der Waals surface area contributed by atoms with Crippen molar-refractivity contribution >= 4 is 17.6 Å². The molecule has 0 aliphatic carbocycles. The summed E-state index contributed by atoms with van der Waals surface area (Å²) in [5.41, 5.74) is 1.44. The SMILES string of the molecule is CC(C)(C)OC(=O)CCCc1nc(-c2ccc(Cl)cc2)nn1CCc1ccccn1. The number of halogens is 1. The number of pyridine rings is 1. The van der Waals surface area contributed by atoms with E-state index in [2.05, 4.69) is 4.98 Å². The van der Waals surface area contributed by atoms with E-state index < -0.39 is 5.60 Å². The molecule has 0 N–H and O–H groups in total. The normalized spacial score (nSPS) is 11.5. The lowest BCUT2D eigenvalue weighted by Crippen LogP contribution is -2.23. The fourth-order valence-electron chi connectivity index (χ4n) is 3.01. The molecule has 3 aromatic rings. The van der Waals surface area contributed by atoms with Gasteiger partial charge in [0.05, 0.1) is 0 Å². The Hall–Kier alpha value is -2.73. The van der Waals surface area contributed by atoms with Gasteiger partial charge < -0.3 is 4.74 Å². The van der Waals surface area contributed by atoms with Gasteiger partial charge in [0.25, 0.3) is 0 Å². The molecule has 0 atom stereocenters. The molecule has 0 unspecified atom stereocenters. The second-order valence-corrected chi connectivity index (χ2v) is 8.53. The number of esters is 1. The van der Waals surface area contributed by atoms with Crippen LogP contribution in [-0.2, 0) is 28.9 Å². The molecule has 0 aliphatic rings. The second-order valence-electron chi connectivity index (χ2n) is 8.09. The predicted molar refractivity (Wildman–Crippen MR) is 117 cm³/mol.